The number of nitrogens with zero attached hydrogens (tertiary/aromatic N) is 1. The van der Waals surface area contributed by atoms with Crippen LogP contribution in [0.4, 0.5) is 0 Å². The molecule has 0 aromatic carbocycles. The molecule has 1 N–H and O–H groups in total. The van der Waals surface area contributed by atoms with Crippen molar-refractivity contribution in [1.82, 2.24) is 4.90 Å². The van der Waals surface area contributed by atoms with Gasteiger partial charge in [0.05, 0.1) is 6.61 Å². The maximum absolute atomic E-state index is 11.1. The second-order valence-electron chi connectivity index (χ2n) is 4.78. The van der Waals surface area contributed by atoms with Crippen molar-refractivity contribution >= 4 is 11.9 Å². The van der Waals surface area contributed by atoms with E-state index >= 15 is 0 Å². The SMILES string of the molecule is C=C(C)C(=O)OCCCN(C)CCCCCC(=O)O. The van der Waals surface area contributed by atoms with Crippen LogP contribution < -0.4 is 0 Å². The Labute approximate surface area is 115 Å². The summed E-state index contributed by atoms with van der Waals surface area (Å²) in [5.74, 6) is -1.07. The average molecular weight is 271 g/mol. The third-order valence-electron chi connectivity index (χ3n) is 2.70. The van der Waals surface area contributed by atoms with Gasteiger partial charge >= 0.3 is 11.9 Å². The summed E-state index contributed by atoms with van der Waals surface area (Å²) in [5, 5.41) is 8.49. The number of carboxylic acids is 1. The van der Waals surface area contributed by atoms with Crippen molar-refractivity contribution in [3.8, 4) is 0 Å². The number of aliphatic carboxylic acids is 1. The quantitative estimate of drug-likeness (QED) is 0.354. The zero-order chi connectivity index (χ0) is 14.7. The first-order valence-electron chi connectivity index (χ1n) is 6.66. The van der Waals surface area contributed by atoms with Crippen molar-refractivity contribution in [2.75, 3.05) is 26.7 Å². The fraction of sp³-hybridized carbons (Fsp3) is 0.714. The fourth-order valence-corrected chi connectivity index (χ4v) is 1.57. The van der Waals surface area contributed by atoms with Crippen molar-refractivity contribution in [2.24, 2.45) is 0 Å². The lowest BCUT2D eigenvalue weighted by Gasteiger charge is -2.16. The van der Waals surface area contributed by atoms with Gasteiger partial charge in [-0.25, -0.2) is 4.79 Å². The van der Waals surface area contributed by atoms with Crippen LogP contribution in [0.1, 0.15) is 39.0 Å². The zero-order valence-corrected chi connectivity index (χ0v) is 12.0. The first-order valence-corrected chi connectivity index (χ1v) is 6.66. The van der Waals surface area contributed by atoms with E-state index < -0.39 is 5.97 Å². The van der Waals surface area contributed by atoms with Gasteiger partial charge in [-0.3, -0.25) is 4.79 Å². The number of esters is 1. The van der Waals surface area contributed by atoms with E-state index in [0.717, 1.165) is 38.8 Å². The van der Waals surface area contributed by atoms with Gasteiger partial charge in [0.2, 0.25) is 0 Å². The highest BCUT2D eigenvalue weighted by Gasteiger charge is 2.03. The Balaban J connectivity index is 3.39. The largest absolute Gasteiger partial charge is 0.481 e. The summed E-state index contributed by atoms with van der Waals surface area (Å²) in [6.07, 6.45) is 3.71. The van der Waals surface area contributed by atoms with Crippen LogP contribution in [-0.2, 0) is 14.3 Å². The van der Waals surface area contributed by atoms with Crippen LogP contribution in [0, 0.1) is 0 Å². The summed E-state index contributed by atoms with van der Waals surface area (Å²) in [6, 6.07) is 0. The van der Waals surface area contributed by atoms with Gasteiger partial charge in [0, 0.05) is 18.5 Å². The standard InChI is InChI=1S/C14H25NO4/c1-12(2)14(18)19-11-7-10-15(3)9-6-4-5-8-13(16)17/h1,4-11H2,2-3H3,(H,16,17). The number of carbonyl (C=O) groups is 2. The summed E-state index contributed by atoms with van der Waals surface area (Å²) in [4.78, 5) is 23.6. The predicted octanol–water partition coefficient (Wildman–Crippen LogP) is 2.07. The predicted molar refractivity (Wildman–Crippen MR) is 74.0 cm³/mol. The molecular weight excluding hydrogens is 246 g/mol. The van der Waals surface area contributed by atoms with Gasteiger partial charge in [-0.15, -0.1) is 0 Å². The van der Waals surface area contributed by atoms with E-state index in [1.807, 2.05) is 7.05 Å². The van der Waals surface area contributed by atoms with Crippen molar-refractivity contribution in [3.63, 3.8) is 0 Å². The van der Waals surface area contributed by atoms with Gasteiger partial charge in [0.1, 0.15) is 0 Å². The van der Waals surface area contributed by atoms with Crippen LogP contribution in [0.15, 0.2) is 12.2 Å². The van der Waals surface area contributed by atoms with Gasteiger partial charge in [-0.2, -0.15) is 0 Å². The van der Waals surface area contributed by atoms with Crippen molar-refractivity contribution in [1.29, 1.82) is 0 Å². The van der Waals surface area contributed by atoms with Gasteiger partial charge in [0.15, 0.2) is 0 Å². The molecule has 0 rings (SSSR count). The lowest BCUT2D eigenvalue weighted by Crippen LogP contribution is -2.22. The molecule has 0 spiro atoms. The molecule has 5 nitrogen and oxygen atoms in total. The molecule has 0 saturated carbocycles. The second kappa shape index (κ2) is 10.6. The minimum atomic E-state index is -0.729. The Morgan fingerprint density at radius 2 is 1.79 bits per heavy atom. The lowest BCUT2D eigenvalue weighted by molar-refractivity contribution is -0.139. The van der Waals surface area contributed by atoms with Crippen LogP contribution >= 0.6 is 0 Å². The minimum Gasteiger partial charge on any atom is -0.481 e. The zero-order valence-electron chi connectivity index (χ0n) is 12.0. The van der Waals surface area contributed by atoms with E-state index in [-0.39, 0.29) is 12.4 Å². The van der Waals surface area contributed by atoms with Crippen LogP contribution in [0.5, 0.6) is 0 Å². The maximum atomic E-state index is 11.1. The molecule has 0 heterocycles. The van der Waals surface area contributed by atoms with Gasteiger partial charge in [-0.1, -0.05) is 13.0 Å². The Bertz CT molecular complexity index is 302. The highest BCUT2D eigenvalue weighted by atomic mass is 16.5. The molecule has 0 saturated heterocycles. The molecule has 0 radical (unpaired) electrons. The van der Waals surface area contributed by atoms with Crippen LogP contribution in [0.3, 0.4) is 0 Å². The third-order valence-corrected chi connectivity index (χ3v) is 2.70. The molecule has 0 aliphatic carbocycles. The van der Waals surface area contributed by atoms with Crippen molar-refractivity contribution < 1.29 is 19.4 Å². The lowest BCUT2D eigenvalue weighted by atomic mass is 10.2. The molecule has 0 bridgehead atoms. The smallest absolute Gasteiger partial charge is 0.333 e. The molecule has 19 heavy (non-hydrogen) atoms. The minimum absolute atomic E-state index is 0.251. The number of carbonyl (C=O) groups excluding carboxylic acids is 1. The Morgan fingerprint density at radius 3 is 2.37 bits per heavy atom. The average Bonchev–Trinajstić information content (AvgIpc) is 2.33. The third kappa shape index (κ3) is 11.5. The molecule has 0 amide bonds. The number of ether oxygens (including phenoxy) is 1. The highest BCUT2D eigenvalue weighted by molar-refractivity contribution is 5.86. The van der Waals surface area contributed by atoms with E-state index in [1.165, 1.54) is 0 Å². The normalized spacial score (nSPS) is 10.5. The molecule has 0 unspecified atom stereocenters. The molecule has 0 aromatic rings. The monoisotopic (exact) mass is 271 g/mol. The molecule has 0 atom stereocenters. The summed E-state index contributed by atoms with van der Waals surface area (Å²) in [6.45, 7) is 7.36. The Morgan fingerprint density at radius 1 is 1.16 bits per heavy atom. The summed E-state index contributed by atoms with van der Waals surface area (Å²) >= 11 is 0. The topological polar surface area (TPSA) is 66.8 Å². The molecule has 5 heteroatoms. The van der Waals surface area contributed by atoms with E-state index in [4.69, 9.17) is 9.84 Å². The molecular formula is C14H25NO4. The maximum Gasteiger partial charge on any atom is 0.333 e. The number of hydrogen-bond donors (Lipinski definition) is 1. The Hall–Kier alpha value is -1.36. The molecule has 0 aliphatic rings. The molecule has 0 aliphatic heterocycles. The molecule has 0 aromatic heterocycles. The summed E-state index contributed by atoms with van der Waals surface area (Å²) < 4.78 is 4.99. The Kier molecular flexibility index (Phi) is 9.80. The first kappa shape index (κ1) is 17.6. The number of carboxylic acid groups (broad SMARTS) is 1. The molecule has 110 valence electrons. The van der Waals surface area contributed by atoms with E-state index in [9.17, 15) is 9.59 Å². The first-order chi connectivity index (χ1) is 8.93. The number of unbranched alkanes of at least 4 members (excludes halogenated alkanes) is 2. The van der Waals surface area contributed by atoms with Gasteiger partial charge in [0.25, 0.3) is 0 Å². The highest BCUT2D eigenvalue weighted by Crippen LogP contribution is 2.02. The van der Waals surface area contributed by atoms with Crippen LogP contribution in [-0.4, -0.2) is 48.7 Å². The van der Waals surface area contributed by atoms with E-state index in [1.54, 1.807) is 6.92 Å². The molecule has 0 fully saturated rings. The second-order valence-corrected chi connectivity index (χ2v) is 4.78. The number of rotatable bonds is 11. The van der Waals surface area contributed by atoms with Gasteiger partial charge in [-0.05, 0) is 39.8 Å². The van der Waals surface area contributed by atoms with Crippen LogP contribution in [0.2, 0.25) is 0 Å². The van der Waals surface area contributed by atoms with E-state index in [2.05, 4.69) is 11.5 Å². The van der Waals surface area contributed by atoms with Crippen LogP contribution in [0.25, 0.3) is 0 Å². The summed E-state index contributed by atoms with van der Waals surface area (Å²) in [5.41, 5.74) is 0.423. The summed E-state index contributed by atoms with van der Waals surface area (Å²) in [7, 11) is 2.01. The van der Waals surface area contributed by atoms with E-state index in [0.29, 0.717) is 12.2 Å². The fourth-order valence-electron chi connectivity index (χ4n) is 1.57. The van der Waals surface area contributed by atoms with Crippen molar-refractivity contribution in [2.45, 2.75) is 39.0 Å². The van der Waals surface area contributed by atoms with Gasteiger partial charge < -0.3 is 14.7 Å². The number of hydrogen-bond acceptors (Lipinski definition) is 4. The van der Waals surface area contributed by atoms with Crippen molar-refractivity contribution in [3.05, 3.63) is 12.2 Å².